The maximum atomic E-state index is 2.52. The highest BCUT2D eigenvalue weighted by Gasteiger charge is 2.18. The van der Waals surface area contributed by atoms with Crippen LogP contribution in [-0.2, 0) is 13.0 Å². The van der Waals surface area contributed by atoms with E-state index in [-0.39, 0.29) is 0 Å². The van der Waals surface area contributed by atoms with Gasteiger partial charge in [0, 0.05) is 13.1 Å². The van der Waals surface area contributed by atoms with Crippen molar-refractivity contribution in [3.8, 4) is 11.1 Å². The summed E-state index contributed by atoms with van der Waals surface area (Å²) < 4.78 is 0. The van der Waals surface area contributed by atoms with Crippen molar-refractivity contribution >= 4 is 0 Å². The minimum atomic E-state index is 1.10. The normalized spacial score (nSPS) is 14.0. The van der Waals surface area contributed by atoms with Gasteiger partial charge in [-0.05, 0) is 42.1 Å². The van der Waals surface area contributed by atoms with Gasteiger partial charge in [-0.2, -0.15) is 0 Å². The van der Waals surface area contributed by atoms with Gasteiger partial charge in [0.2, 0.25) is 0 Å². The molecule has 0 spiro atoms. The first-order valence-corrected chi connectivity index (χ1v) is 8.59. The van der Waals surface area contributed by atoms with Crippen molar-refractivity contribution < 1.29 is 0 Å². The van der Waals surface area contributed by atoms with Gasteiger partial charge < -0.3 is 0 Å². The molecule has 1 nitrogen and oxygen atoms in total. The standard InChI is InChI=1S/C18H21N.C3H8/c1-3-19-10-9-17-16(13-19)11-14(2)12-18(17)15-7-5-4-6-8-15;1-3-2/h4-8,11-12H,3,9-10,13H2,1-2H3;3H2,1-2H3. The number of likely N-dealkylation sites (N-methyl/N-ethyl adjacent to an activating group) is 1. The maximum absolute atomic E-state index is 2.52. The zero-order valence-corrected chi connectivity index (χ0v) is 14.5. The van der Waals surface area contributed by atoms with E-state index >= 15 is 0 Å². The molecule has 2 aromatic carbocycles. The van der Waals surface area contributed by atoms with E-state index in [1.807, 2.05) is 0 Å². The van der Waals surface area contributed by atoms with E-state index < -0.39 is 0 Å². The molecule has 118 valence electrons. The fourth-order valence-corrected chi connectivity index (χ4v) is 3.06. The lowest BCUT2D eigenvalue weighted by Crippen LogP contribution is -2.30. The van der Waals surface area contributed by atoms with Crippen LogP contribution in [0.3, 0.4) is 0 Å². The molecule has 1 aliphatic rings. The lowest BCUT2D eigenvalue weighted by molar-refractivity contribution is 0.268. The Hall–Kier alpha value is -1.60. The topological polar surface area (TPSA) is 3.24 Å². The van der Waals surface area contributed by atoms with Crippen LogP contribution < -0.4 is 0 Å². The van der Waals surface area contributed by atoms with Gasteiger partial charge in [0.25, 0.3) is 0 Å². The highest BCUT2D eigenvalue weighted by Crippen LogP contribution is 2.31. The zero-order valence-electron chi connectivity index (χ0n) is 14.5. The fourth-order valence-electron chi connectivity index (χ4n) is 3.06. The number of fused-ring (bicyclic) bond motifs is 1. The van der Waals surface area contributed by atoms with Crippen LogP contribution in [0, 0.1) is 6.92 Å². The second kappa shape index (κ2) is 8.14. The molecule has 0 saturated carbocycles. The molecule has 0 fully saturated rings. The number of benzene rings is 2. The minimum Gasteiger partial charge on any atom is -0.299 e. The van der Waals surface area contributed by atoms with E-state index in [1.165, 1.54) is 41.6 Å². The highest BCUT2D eigenvalue weighted by molar-refractivity contribution is 5.70. The minimum absolute atomic E-state index is 1.10. The number of hydrogen-bond donors (Lipinski definition) is 0. The van der Waals surface area contributed by atoms with Crippen molar-refractivity contribution in [3.05, 3.63) is 59.2 Å². The molecule has 0 aromatic heterocycles. The van der Waals surface area contributed by atoms with Crippen molar-refractivity contribution in [1.29, 1.82) is 0 Å². The highest BCUT2D eigenvalue weighted by atomic mass is 15.1. The van der Waals surface area contributed by atoms with Gasteiger partial charge in [0.05, 0.1) is 0 Å². The van der Waals surface area contributed by atoms with Crippen molar-refractivity contribution in [2.24, 2.45) is 0 Å². The molecule has 0 amide bonds. The third-order valence-electron chi connectivity index (χ3n) is 4.09. The van der Waals surface area contributed by atoms with Crippen LogP contribution in [0.1, 0.15) is 43.9 Å². The molecule has 0 aliphatic carbocycles. The van der Waals surface area contributed by atoms with E-state index in [1.54, 1.807) is 5.56 Å². The summed E-state index contributed by atoms with van der Waals surface area (Å²) in [6.45, 7) is 12.1. The summed E-state index contributed by atoms with van der Waals surface area (Å²) in [5.74, 6) is 0. The molecule has 0 unspecified atom stereocenters. The average molecular weight is 295 g/mol. The fraction of sp³-hybridized carbons (Fsp3) is 0.429. The van der Waals surface area contributed by atoms with Crippen molar-refractivity contribution in [1.82, 2.24) is 4.90 Å². The monoisotopic (exact) mass is 295 g/mol. The molecule has 1 heteroatoms. The van der Waals surface area contributed by atoms with Crippen LogP contribution in [0.2, 0.25) is 0 Å². The van der Waals surface area contributed by atoms with Crippen LogP contribution >= 0.6 is 0 Å². The number of nitrogens with zero attached hydrogens (tertiary/aromatic N) is 1. The van der Waals surface area contributed by atoms with E-state index in [2.05, 4.69) is 75.1 Å². The van der Waals surface area contributed by atoms with Crippen molar-refractivity contribution in [3.63, 3.8) is 0 Å². The SMILES string of the molecule is CCC.CCN1CCc2c(cc(C)cc2-c2ccccc2)C1. The van der Waals surface area contributed by atoms with Gasteiger partial charge in [-0.1, -0.05) is 75.2 Å². The van der Waals surface area contributed by atoms with Gasteiger partial charge in [-0.15, -0.1) is 0 Å². The molecule has 1 aliphatic heterocycles. The molecule has 0 bridgehead atoms. The lowest BCUT2D eigenvalue weighted by atomic mass is 9.89. The number of rotatable bonds is 2. The second-order valence-electron chi connectivity index (χ2n) is 6.14. The predicted octanol–water partition coefficient (Wildman–Crippen LogP) is 5.46. The first-order chi connectivity index (χ1) is 10.7. The molecule has 22 heavy (non-hydrogen) atoms. The number of aryl methyl sites for hydroxylation is 1. The van der Waals surface area contributed by atoms with E-state index in [9.17, 15) is 0 Å². The Kier molecular flexibility index (Phi) is 6.21. The Morgan fingerprint density at radius 2 is 1.68 bits per heavy atom. The smallest absolute Gasteiger partial charge is 0.0236 e. The van der Waals surface area contributed by atoms with Crippen LogP contribution in [0.25, 0.3) is 11.1 Å². The molecule has 0 saturated heterocycles. The Morgan fingerprint density at radius 3 is 2.32 bits per heavy atom. The van der Waals surface area contributed by atoms with Gasteiger partial charge in [0.1, 0.15) is 0 Å². The van der Waals surface area contributed by atoms with Gasteiger partial charge in [-0.25, -0.2) is 0 Å². The van der Waals surface area contributed by atoms with Crippen molar-refractivity contribution in [2.45, 2.75) is 47.1 Å². The van der Waals surface area contributed by atoms with Gasteiger partial charge in [0.15, 0.2) is 0 Å². The molecular formula is C21H29N. The average Bonchev–Trinajstić information content (AvgIpc) is 2.55. The van der Waals surface area contributed by atoms with Crippen molar-refractivity contribution in [2.75, 3.05) is 13.1 Å². The Balaban J connectivity index is 0.000000545. The van der Waals surface area contributed by atoms with Crippen LogP contribution in [0.4, 0.5) is 0 Å². The van der Waals surface area contributed by atoms with Crippen LogP contribution in [0.5, 0.6) is 0 Å². The Morgan fingerprint density at radius 1 is 1.00 bits per heavy atom. The lowest BCUT2D eigenvalue weighted by Gasteiger charge is -2.29. The summed E-state index contributed by atoms with van der Waals surface area (Å²) in [5, 5.41) is 0. The van der Waals surface area contributed by atoms with E-state index in [0.29, 0.717) is 0 Å². The molecule has 3 rings (SSSR count). The quantitative estimate of drug-likeness (QED) is 0.711. The first kappa shape index (κ1) is 16.8. The third-order valence-corrected chi connectivity index (χ3v) is 4.09. The summed E-state index contributed by atoms with van der Waals surface area (Å²) in [6, 6.07) is 15.5. The summed E-state index contributed by atoms with van der Waals surface area (Å²) in [6.07, 6.45) is 2.42. The summed E-state index contributed by atoms with van der Waals surface area (Å²) in [5.41, 5.74) is 7.24. The zero-order chi connectivity index (χ0) is 15.9. The molecule has 0 radical (unpaired) electrons. The van der Waals surface area contributed by atoms with Crippen LogP contribution in [-0.4, -0.2) is 18.0 Å². The summed E-state index contributed by atoms with van der Waals surface area (Å²) in [7, 11) is 0. The van der Waals surface area contributed by atoms with Gasteiger partial charge in [-0.3, -0.25) is 4.90 Å². The molecule has 1 heterocycles. The van der Waals surface area contributed by atoms with Gasteiger partial charge >= 0.3 is 0 Å². The summed E-state index contributed by atoms with van der Waals surface area (Å²) in [4.78, 5) is 2.52. The van der Waals surface area contributed by atoms with E-state index in [0.717, 1.165) is 13.1 Å². The molecular weight excluding hydrogens is 266 g/mol. The largest absolute Gasteiger partial charge is 0.299 e. The van der Waals surface area contributed by atoms with E-state index in [4.69, 9.17) is 0 Å². The summed E-state index contributed by atoms with van der Waals surface area (Å²) >= 11 is 0. The number of hydrogen-bond acceptors (Lipinski definition) is 1. The van der Waals surface area contributed by atoms with Crippen LogP contribution in [0.15, 0.2) is 42.5 Å². The second-order valence-corrected chi connectivity index (χ2v) is 6.14. The third kappa shape index (κ3) is 3.98. The molecule has 2 aromatic rings. The Bertz CT molecular complexity index is 586. The molecule has 0 atom stereocenters. The molecule has 0 N–H and O–H groups in total. The maximum Gasteiger partial charge on any atom is 0.0236 e. The Labute approximate surface area is 136 Å². The first-order valence-electron chi connectivity index (χ1n) is 8.59. The predicted molar refractivity (Wildman–Crippen MR) is 97.2 cm³/mol.